The third kappa shape index (κ3) is 4.56. The fraction of sp³-hybridized carbons (Fsp3) is 0.138. The molecule has 3 aromatic carbocycles. The molecule has 2 heterocycles. The van der Waals surface area contributed by atoms with Gasteiger partial charge in [0.05, 0.1) is 25.6 Å². The number of aliphatic imine (C=N–C) groups is 1. The fourth-order valence-corrected chi connectivity index (χ4v) is 4.40. The number of aromatic nitrogens is 2. The summed E-state index contributed by atoms with van der Waals surface area (Å²) in [6.45, 7) is 0.142. The van der Waals surface area contributed by atoms with E-state index in [4.69, 9.17) is 14.5 Å². The Bertz CT molecular complexity index is 1650. The van der Waals surface area contributed by atoms with Crippen molar-refractivity contribution in [3.8, 4) is 17.4 Å². The Balaban J connectivity index is 1.55. The van der Waals surface area contributed by atoms with E-state index in [2.05, 4.69) is 4.98 Å². The standard InChI is InChI=1S/C29H25N3O5/c1-36-24-13-12-18(16-25(24)37-2)14-15-32-28(34)22(27(33)31-29(32)35)17-21-20-10-6-7-11-23(20)30-26(21)19-8-4-3-5-9-19/h3-13,16-17,34H,14-15H2,1-2H3,(H,31,33,35)/b21-17+. The van der Waals surface area contributed by atoms with Crippen molar-refractivity contribution in [3.63, 3.8) is 0 Å². The highest BCUT2D eigenvalue weighted by Crippen LogP contribution is 2.38. The molecule has 0 amide bonds. The molecule has 8 nitrogen and oxygen atoms in total. The van der Waals surface area contributed by atoms with Crippen LogP contribution in [0.15, 0.2) is 87.4 Å². The fourth-order valence-electron chi connectivity index (χ4n) is 4.40. The smallest absolute Gasteiger partial charge is 0.331 e. The summed E-state index contributed by atoms with van der Waals surface area (Å²) < 4.78 is 11.8. The van der Waals surface area contributed by atoms with Gasteiger partial charge in [-0.3, -0.25) is 14.3 Å². The monoisotopic (exact) mass is 495 g/mol. The van der Waals surface area contributed by atoms with E-state index in [0.717, 1.165) is 26.9 Å². The average Bonchev–Trinajstić information content (AvgIpc) is 3.29. The highest BCUT2D eigenvalue weighted by Gasteiger charge is 2.23. The third-order valence-corrected chi connectivity index (χ3v) is 6.30. The number of aromatic hydroxyl groups is 1. The molecule has 2 N–H and O–H groups in total. The Labute approximate surface area is 212 Å². The number of fused-ring (bicyclic) bond motifs is 1. The van der Waals surface area contributed by atoms with Crippen LogP contribution >= 0.6 is 0 Å². The van der Waals surface area contributed by atoms with E-state index in [1.165, 1.54) is 0 Å². The minimum Gasteiger partial charge on any atom is -0.494 e. The Morgan fingerprint density at radius 1 is 0.946 bits per heavy atom. The third-order valence-electron chi connectivity index (χ3n) is 6.30. The van der Waals surface area contributed by atoms with Crippen LogP contribution in [0.5, 0.6) is 17.4 Å². The van der Waals surface area contributed by atoms with E-state index in [1.807, 2.05) is 66.7 Å². The molecule has 1 aliphatic rings. The molecule has 0 atom stereocenters. The molecule has 0 spiro atoms. The second-order valence-electron chi connectivity index (χ2n) is 8.49. The summed E-state index contributed by atoms with van der Waals surface area (Å²) in [5, 5.41) is 11.1. The number of nitrogens with zero attached hydrogens (tertiary/aromatic N) is 2. The van der Waals surface area contributed by atoms with Crippen LogP contribution in [-0.4, -0.2) is 34.6 Å². The predicted octanol–water partition coefficient (Wildman–Crippen LogP) is 4.18. The zero-order valence-corrected chi connectivity index (χ0v) is 20.4. The lowest BCUT2D eigenvalue weighted by Crippen LogP contribution is -2.32. The van der Waals surface area contributed by atoms with Crippen LogP contribution in [0.4, 0.5) is 5.69 Å². The van der Waals surface area contributed by atoms with Gasteiger partial charge in [0.1, 0.15) is 5.56 Å². The molecule has 1 aromatic heterocycles. The van der Waals surface area contributed by atoms with E-state index in [9.17, 15) is 14.7 Å². The Hall–Kier alpha value is -4.85. The molecule has 0 saturated heterocycles. The van der Waals surface area contributed by atoms with Gasteiger partial charge in [-0.25, -0.2) is 9.79 Å². The largest absolute Gasteiger partial charge is 0.494 e. The number of ether oxygens (including phenoxy) is 2. The molecule has 1 aliphatic heterocycles. The number of para-hydroxylation sites is 1. The number of methoxy groups -OCH3 is 2. The first-order chi connectivity index (χ1) is 18.0. The van der Waals surface area contributed by atoms with E-state index in [1.54, 1.807) is 26.4 Å². The van der Waals surface area contributed by atoms with Crippen molar-refractivity contribution in [2.45, 2.75) is 13.0 Å². The van der Waals surface area contributed by atoms with Gasteiger partial charge < -0.3 is 14.6 Å². The summed E-state index contributed by atoms with van der Waals surface area (Å²) in [5.74, 6) is 0.756. The molecule has 0 fully saturated rings. The summed E-state index contributed by atoms with van der Waals surface area (Å²) in [5.41, 5.74) is 3.36. The van der Waals surface area contributed by atoms with Gasteiger partial charge in [-0.15, -0.1) is 0 Å². The highest BCUT2D eigenvalue weighted by molar-refractivity contribution is 6.39. The van der Waals surface area contributed by atoms with Gasteiger partial charge in [-0.05, 0) is 36.3 Å². The molecular weight excluding hydrogens is 470 g/mol. The molecular formula is C29H25N3O5. The normalized spacial score (nSPS) is 13.4. The summed E-state index contributed by atoms with van der Waals surface area (Å²) in [4.78, 5) is 32.6. The molecule has 8 heteroatoms. The van der Waals surface area contributed by atoms with E-state index < -0.39 is 17.1 Å². The lowest BCUT2D eigenvalue weighted by atomic mass is 9.96. The van der Waals surface area contributed by atoms with Gasteiger partial charge in [0.15, 0.2) is 11.5 Å². The van der Waals surface area contributed by atoms with Crippen LogP contribution in [0.1, 0.15) is 22.3 Å². The number of nitrogens with one attached hydrogen (secondary N) is 1. The molecule has 186 valence electrons. The first kappa shape index (κ1) is 23.9. The number of rotatable bonds is 7. The quantitative estimate of drug-likeness (QED) is 0.400. The number of hydrogen-bond donors (Lipinski definition) is 2. The molecule has 37 heavy (non-hydrogen) atoms. The SMILES string of the molecule is COc1ccc(CCn2c(O)c(/C=C3/C(c4ccccc4)=Nc4ccccc43)c(=O)[nH]c2=O)cc1OC. The summed E-state index contributed by atoms with van der Waals surface area (Å²) in [6.07, 6.45) is 2.01. The molecule has 0 unspecified atom stereocenters. The topological polar surface area (TPSA) is 106 Å². The van der Waals surface area contributed by atoms with Gasteiger partial charge in [-0.2, -0.15) is 0 Å². The first-order valence-electron chi connectivity index (χ1n) is 11.7. The zero-order chi connectivity index (χ0) is 25.9. The minimum absolute atomic E-state index is 0.0118. The molecule has 0 saturated carbocycles. The van der Waals surface area contributed by atoms with Gasteiger partial charge in [0.2, 0.25) is 5.88 Å². The maximum absolute atomic E-state index is 12.8. The highest BCUT2D eigenvalue weighted by atomic mass is 16.5. The van der Waals surface area contributed by atoms with Crippen molar-refractivity contribution in [1.82, 2.24) is 9.55 Å². The number of H-pyrrole nitrogens is 1. The van der Waals surface area contributed by atoms with Crippen LogP contribution in [-0.2, 0) is 13.0 Å². The van der Waals surface area contributed by atoms with E-state index in [0.29, 0.717) is 29.2 Å². The average molecular weight is 496 g/mol. The van der Waals surface area contributed by atoms with Gasteiger partial charge >= 0.3 is 5.69 Å². The van der Waals surface area contributed by atoms with Crippen molar-refractivity contribution in [3.05, 3.63) is 116 Å². The molecule has 5 rings (SSSR count). The maximum Gasteiger partial charge on any atom is 0.331 e. The first-order valence-corrected chi connectivity index (χ1v) is 11.7. The van der Waals surface area contributed by atoms with Crippen molar-refractivity contribution < 1.29 is 14.6 Å². The van der Waals surface area contributed by atoms with Crippen LogP contribution in [0.3, 0.4) is 0 Å². The molecule has 4 aromatic rings. The number of hydrogen-bond acceptors (Lipinski definition) is 6. The molecule has 0 radical (unpaired) electrons. The summed E-state index contributed by atoms with van der Waals surface area (Å²) in [7, 11) is 3.11. The molecule has 0 bridgehead atoms. The van der Waals surface area contributed by atoms with E-state index >= 15 is 0 Å². The van der Waals surface area contributed by atoms with Crippen molar-refractivity contribution >= 4 is 23.0 Å². The van der Waals surface area contributed by atoms with Crippen LogP contribution in [0.2, 0.25) is 0 Å². The second kappa shape index (κ2) is 10.0. The summed E-state index contributed by atoms with van der Waals surface area (Å²) in [6, 6.07) is 22.7. The maximum atomic E-state index is 12.8. The number of aromatic amines is 1. The van der Waals surface area contributed by atoms with Gasteiger partial charge in [0, 0.05) is 23.2 Å². The number of aryl methyl sites for hydroxylation is 1. The second-order valence-corrected chi connectivity index (χ2v) is 8.49. The van der Waals surface area contributed by atoms with Crippen molar-refractivity contribution in [2.75, 3.05) is 14.2 Å². The van der Waals surface area contributed by atoms with E-state index in [-0.39, 0.29) is 12.1 Å². The summed E-state index contributed by atoms with van der Waals surface area (Å²) >= 11 is 0. The zero-order valence-electron chi connectivity index (χ0n) is 20.4. The number of allylic oxidation sites excluding steroid dienone is 1. The lowest BCUT2D eigenvalue weighted by molar-refractivity contribution is 0.354. The lowest BCUT2D eigenvalue weighted by Gasteiger charge is -2.13. The Morgan fingerprint density at radius 2 is 1.68 bits per heavy atom. The van der Waals surface area contributed by atoms with Crippen molar-refractivity contribution in [1.29, 1.82) is 0 Å². The van der Waals surface area contributed by atoms with Gasteiger partial charge in [-0.1, -0.05) is 54.6 Å². The minimum atomic E-state index is -0.686. The van der Waals surface area contributed by atoms with Gasteiger partial charge in [0.25, 0.3) is 5.56 Å². The Morgan fingerprint density at radius 3 is 2.43 bits per heavy atom. The predicted molar refractivity (Wildman–Crippen MR) is 143 cm³/mol. The van der Waals surface area contributed by atoms with Crippen molar-refractivity contribution in [2.24, 2.45) is 4.99 Å². The van der Waals surface area contributed by atoms with Crippen LogP contribution < -0.4 is 20.7 Å². The molecule has 0 aliphatic carbocycles. The number of benzene rings is 3. The van der Waals surface area contributed by atoms with Crippen LogP contribution in [0.25, 0.3) is 11.6 Å². The van der Waals surface area contributed by atoms with Crippen LogP contribution in [0, 0.1) is 0 Å². The Kier molecular flexibility index (Phi) is 6.47.